The van der Waals surface area contributed by atoms with Gasteiger partial charge < -0.3 is 0 Å². The first kappa shape index (κ1) is 9.22. The third kappa shape index (κ3) is 1.78. The van der Waals surface area contributed by atoms with Crippen molar-refractivity contribution >= 4 is 11.6 Å². The summed E-state index contributed by atoms with van der Waals surface area (Å²) in [6.07, 6.45) is 1.69. The first-order chi connectivity index (χ1) is 6.77. The molecule has 0 unspecified atom stereocenters. The van der Waals surface area contributed by atoms with Gasteiger partial charge in [-0.15, -0.1) is 0 Å². The van der Waals surface area contributed by atoms with E-state index in [0.29, 0.717) is 5.02 Å². The van der Waals surface area contributed by atoms with Crippen LogP contribution in [-0.2, 0) is 0 Å². The lowest BCUT2D eigenvalue weighted by molar-refractivity contribution is 1.20. The first-order valence-electron chi connectivity index (χ1n) is 4.45. The Morgan fingerprint density at radius 1 is 1.14 bits per heavy atom. The van der Waals surface area contributed by atoms with Crippen LogP contribution in [0.25, 0.3) is 11.1 Å². The first-order valence-corrected chi connectivity index (χ1v) is 4.83. The summed E-state index contributed by atoms with van der Waals surface area (Å²) >= 11 is 6.07. The van der Waals surface area contributed by atoms with Crippen LogP contribution in [0.5, 0.6) is 0 Å². The Bertz CT molecular complexity index is 437. The maximum absolute atomic E-state index is 6.07. The Hall–Kier alpha value is -1.34. The molecule has 14 heavy (non-hydrogen) atoms. The van der Waals surface area contributed by atoms with Crippen LogP contribution < -0.4 is 0 Å². The lowest BCUT2D eigenvalue weighted by Crippen LogP contribution is -1.84. The third-order valence-corrected chi connectivity index (χ3v) is 2.38. The van der Waals surface area contributed by atoms with Crippen LogP contribution in [-0.4, -0.2) is 4.98 Å². The molecule has 1 aromatic carbocycles. The fourth-order valence-corrected chi connectivity index (χ4v) is 1.59. The second kappa shape index (κ2) is 3.81. The van der Waals surface area contributed by atoms with Crippen molar-refractivity contribution in [3.8, 4) is 11.1 Å². The quantitative estimate of drug-likeness (QED) is 0.689. The molecule has 1 aromatic heterocycles. The number of nitrogens with zero attached hydrogens (tertiary/aromatic N) is 1. The SMILES string of the molecule is Cc1cc(-c2ccccc2)c(Cl)cn1. The molecular weight excluding hydrogens is 194 g/mol. The number of halogens is 1. The summed E-state index contributed by atoms with van der Waals surface area (Å²) in [5, 5.41) is 0.696. The van der Waals surface area contributed by atoms with Gasteiger partial charge in [0.1, 0.15) is 0 Å². The summed E-state index contributed by atoms with van der Waals surface area (Å²) in [5.41, 5.74) is 3.15. The molecule has 0 bridgehead atoms. The molecule has 2 heteroatoms. The van der Waals surface area contributed by atoms with Gasteiger partial charge in [-0.25, -0.2) is 0 Å². The molecule has 0 saturated carbocycles. The molecule has 0 aliphatic heterocycles. The highest BCUT2D eigenvalue weighted by Gasteiger charge is 2.02. The van der Waals surface area contributed by atoms with E-state index in [0.717, 1.165) is 16.8 Å². The maximum Gasteiger partial charge on any atom is 0.0667 e. The summed E-state index contributed by atoms with van der Waals surface area (Å²) in [4.78, 5) is 4.13. The Labute approximate surface area is 88.4 Å². The molecule has 0 aliphatic carbocycles. The average molecular weight is 204 g/mol. The summed E-state index contributed by atoms with van der Waals surface area (Å²) in [7, 11) is 0. The third-order valence-electron chi connectivity index (χ3n) is 2.08. The standard InChI is InChI=1S/C12H10ClN/c1-9-7-11(12(13)8-14-9)10-5-3-2-4-6-10/h2-8H,1H3. The average Bonchev–Trinajstić information content (AvgIpc) is 2.23. The second-order valence-electron chi connectivity index (χ2n) is 3.17. The number of rotatable bonds is 1. The molecule has 0 aliphatic rings. The van der Waals surface area contributed by atoms with E-state index in [1.54, 1.807) is 6.20 Å². The van der Waals surface area contributed by atoms with Gasteiger partial charge in [-0.3, -0.25) is 4.98 Å². The van der Waals surface area contributed by atoms with Crippen LogP contribution in [0.15, 0.2) is 42.6 Å². The highest BCUT2D eigenvalue weighted by atomic mass is 35.5. The normalized spacial score (nSPS) is 10.1. The molecule has 70 valence electrons. The van der Waals surface area contributed by atoms with Crippen molar-refractivity contribution in [3.63, 3.8) is 0 Å². The van der Waals surface area contributed by atoms with Crippen molar-refractivity contribution in [2.24, 2.45) is 0 Å². The van der Waals surface area contributed by atoms with Gasteiger partial charge in [0.15, 0.2) is 0 Å². The summed E-state index contributed by atoms with van der Waals surface area (Å²) in [5.74, 6) is 0. The largest absolute Gasteiger partial charge is 0.260 e. The van der Waals surface area contributed by atoms with Gasteiger partial charge in [0, 0.05) is 17.5 Å². The van der Waals surface area contributed by atoms with Gasteiger partial charge in [0.2, 0.25) is 0 Å². The van der Waals surface area contributed by atoms with Crippen LogP contribution in [0.1, 0.15) is 5.69 Å². The molecule has 0 amide bonds. The van der Waals surface area contributed by atoms with Crippen molar-refractivity contribution < 1.29 is 0 Å². The summed E-state index contributed by atoms with van der Waals surface area (Å²) in [6.45, 7) is 1.96. The van der Waals surface area contributed by atoms with Gasteiger partial charge in [0.25, 0.3) is 0 Å². The molecule has 0 N–H and O–H groups in total. The highest BCUT2D eigenvalue weighted by molar-refractivity contribution is 6.33. The molecule has 0 atom stereocenters. The van der Waals surface area contributed by atoms with Gasteiger partial charge in [-0.2, -0.15) is 0 Å². The van der Waals surface area contributed by atoms with Crippen molar-refractivity contribution in [1.82, 2.24) is 4.98 Å². The number of benzene rings is 1. The molecule has 1 heterocycles. The zero-order valence-electron chi connectivity index (χ0n) is 7.87. The second-order valence-corrected chi connectivity index (χ2v) is 3.58. The van der Waals surface area contributed by atoms with E-state index in [1.807, 2.05) is 43.3 Å². The van der Waals surface area contributed by atoms with E-state index in [2.05, 4.69) is 4.98 Å². The zero-order valence-corrected chi connectivity index (χ0v) is 8.62. The fourth-order valence-electron chi connectivity index (χ4n) is 1.38. The molecule has 0 saturated heterocycles. The van der Waals surface area contributed by atoms with Gasteiger partial charge in [-0.05, 0) is 18.6 Å². The van der Waals surface area contributed by atoms with Crippen LogP contribution >= 0.6 is 11.6 Å². The van der Waals surface area contributed by atoms with Crippen molar-refractivity contribution in [1.29, 1.82) is 0 Å². The monoisotopic (exact) mass is 203 g/mol. The lowest BCUT2D eigenvalue weighted by Gasteiger charge is -2.04. The molecule has 0 spiro atoms. The van der Waals surface area contributed by atoms with Gasteiger partial charge >= 0.3 is 0 Å². The van der Waals surface area contributed by atoms with E-state index in [4.69, 9.17) is 11.6 Å². The van der Waals surface area contributed by atoms with Crippen LogP contribution in [0, 0.1) is 6.92 Å². The minimum absolute atomic E-state index is 0.696. The van der Waals surface area contributed by atoms with Crippen molar-refractivity contribution in [3.05, 3.63) is 53.3 Å². The Kier molecular flexibility index (Phi) is 2.51. The molecule has 0 radical (unpaired) electrons. The summed E-state index contributed by atoms with van der Waals surface area (Å²) < 4.78 is 0. The van der Waals surface area contributed by atoms with Crippen LogP contribution in [0.4, 0.5) is 0 Å². The molecule has 1 nitrogen and oxygen atoms in total. The molecule has 2 rings (SSSR count). The lowest BCUT2D eigenvalue weighted by atomic mass is 10.1. The zero-order chi connectivity index (χ0) is 9.97. The van der Waals surface area contributed by atoms with E-state index in [1.165, 1.54) is 0 Å². The predicted octanol–water partition coefficient (Wildman–Crippen LogP) is 3.71. The number of pyridine rings is 1. The molecular formula is C12H10ClN. The van der Waals surface area contributed by atoms with Crippen molar-refractivity contribution in [2.75, 3.05) is 0 Å². The number of hydrogen-bond acceptors (Lipinski definition) is 1. The Balaban J connectivity index is 2.57. The van der Waals surface area contributed by atoms with Gasteiger partial charge in [0.05, 0.1) is 5.02 Å². The van der Waals surface area contributed by atoms with E-state index in [-0.39, 0.29) is 0 Å². The number of hydrogen-bond donors (Lipinski definition) is 0. The predicted molar refractivity (Wildman–Crippen MR) is 59.4 cm³/mol. The van der Waals surface area contributed by atoms with Crippen molar-refractivity contribution in [2.45, 2.75) is 6.92 Å². The number of aryl methyl sites for hydroxylation is 1. The minimum Gasteiger partial charge on any atom is -0.260 e. The molecule has 0 fully saturated rings. The molecule has 2 aromatic rings. The van der Waals surface area contributed by atoms with Gasteiger partial charge in [-0.1, -0.05) is 41.9 Å². The number of aromatic nitrogens is 1. The van der Waals surface area contributed by atoms with E-state index >= 15 is 0 Å². The fraction of sp³-hybridized carbons (Fsp3) is 0.0833. The minimum atomic E-state index is 0.696. The van der Waals surface area contributed by atoms with E-state index < -0.39 is 0 Å². The maximum atomic E-state index is 6.07. The highest BCUT2D eigenvalue weighted by Crippen LogP contribution is 2.27. The Morgan fingerprint density at radius 3 is 2.57 bits per heavy atom. The van der Waals surface area contributed by atoms with Crippen LogP contribution in [0.3, 0.4) is 0 Å². The smallest absolute Gasteiger partial charge is 0.0667 e. The Morgan fingerprint density at radius 2 is 1.86 bits per heavy atom. The summed E-state index contributed by atoms with van der Waals surface area (Å²) in [6, 6.07) is 12.1. The van der Waals surface area contributed by atoms with E-state index in [9.17, 15) is 0 Å². The topological polar surface area (TPSA) is 12.9 Å². The van der Waals surface area contributed by atoms with Crippen LogP contribution in [0.2, 0.25) is 5.02 Å².